The number of hydrogen-bond acceptors (Lipinski definition) is 4. The molecule has 0 spiro atoms. The number of amides is 2. The van der Waals surface area contributed by atoms with Crippen LogP contribution in [0.5, 0.6) is 0 Å². The van der Waals surface area contributed by atoms with E-state index >= 15 is 0 Å². The third-order valence-electron chi connectivity index (χ3n) is 4.80. The molecule has 1 fully saturated rings. The second-order valence-electron chi connectivity index (χ2n) is 6.62. The lowest BCUT2D eigenvalue weighted by Gasteiger charge is -2.33. The molecule has 2 heterocycles. The highest BCUT2D eigenvalue weighted by Crippen LogP contribution is 2.20. The number of carbonyl (C=O) groups is 2. The number of rotatable bonds is 6. The summed E-state index contributed by atoms with van der Waals surface area (Å²) in [6, 6.07) is 9.66. The number of benzene rings is 1. The minimum atomic E-state index is -0.192. The first-order chi connectivity index (χ1) is 12.7. The lowest BCUT2D eigenvalue weighted by atomic mass is 9.96. The van der Waals surface area contributed by atoms with Gasteiger partial charge in [-0.2, -0.15) is 5.10 Å². The Balaban J connectivity index is 1.69. The van der Waals surface area contributed by atoms with Gasteiger partial charge >= 0.3 is 0 Å². The van der Waals surface area contributed by atoms with Crippen LogP contribution in [0, 0.1) is 5.92 Å². The fourth-order valence-electron chi connectivity index (χ4n) is 3.36. The molecule has 7 nitrogen and oxygen atoms in total. The van der Waals surface area contributed by atoms with Crippen molar-refractivity contribution in [2.75, 3.05) is 13.1 Å². The minimum Gasteiger partial charge on any atom is -0.347 e. The number of hydrogen-bond donors (Lipinski definition) is 1. The van der Waals surface area contributed by atoms with Crippen molar-refractivity contribution in [1.29, 1.82) is 0 Å². The van der Waals surface area contributed by atoms with Crippen molar-refractivity contribution in [1.82, 2.24) is 25.0 Å². The molecule has 1 N–H and O–H groups in total. The lowest BCUT2D eigenvalue weighted by molar-refractivity contribution is -0.135. The van der Waals surface area contributed by atoms with Gasteiger partial charge in [0.2, 0.25) is 11.8 Å². The molecule has 0 saturated carbocycles. The summed E-state index contributed by atoms with van der Waals surface area (Å²) in [6.45, 7) is 3.62. The van der Waals surface area contributed by atoms with Gasteiger partial charge in [-0.3, -0.25) is 14.3 Å². The molecule has 138 valence electrons. The zero-order valence-corrected chi connectivity index (χ0v) is 15.0. The molecule has 26 heavy (non-hydrogen) atoms. The first kappa shape index (κ1) is 18.1. The Morgan fingerprint density at radius 1 is 1.31 bits per heavy atom. The van der Waals surface area contributed by atoms with E-state index in [1.165, 1.54) is 6.33 Å². The number of likely N-dealkylation sites (tertiary alicyclic amines) is 1. The van der Waals surface area contributed by atoms with Crippen LogP contribution >= 0.6 is 0 Å². The number of nitrogens with one attached hydrogen (secondary N) is 1. The topological polar surface area (TPSA) is 80.1 Å². The summed E-state index contributed by atoms with van der Waals surface area (Å²) in [7, 11) is 0. The van der Waals surface area contributed by atoms with Gasteiger partial charge in [0.1, 0.15) is 12.7 Å². The van der Waals surface area contributed by atoms with E-state index in [9.17, 15) is 9.59 Å². The Morgan fingerprint density at radius 3 is 2.81 bits per heavy atom. The molecule has 1 aliphatic rings. The Bertz CT molecular complexity index is 717. The highest BCUT2D eigenvalue weighted by molar-refractivity contribution is 5.81. The summed E-state index contributed by atoms with van der Waals surface area (Å²) in [5.41, 5.74) is 1.02. The van der Waals surface area contributed by atoms with Crippen molar-refractivity contribution in [3.63, 3.8) is 0 Å². The smallest absolute Gasteiger partial charge is 0.225 e. The third kappa shape index (κ3) is 4.47. The molecule has 0 aliphatic carbocycles. The first-order valence-electron chi connectivity index (χ1n) is 9.13. The fraction of sp³-hybridized carbons (Fsp3) is 0.474. The summed E-state index contributed by atoms with van der Waals surface area (Å²) in [5, 5.41) is 7.30. The summed E-state index contributed by atoms with van der Waals surface area (Å²) in [5.74, 6) is -0.0569. The average Bonchev–Trinajstić information content (AvgIpc) is 3.20. The number of nitrogens with zero attached hydrogens (tertiary/aromatic N) is 4. The van der Waals surface area contributed by atoms with Gasteiger partial charge in [-0.15, -0.1) is 0 Å². The summed E-state index contributed by atoms with van der Waals surface area (Å²) < 4.78 is 1.71. The number of aromatic nitrogens is 3. The van der Waals surface area contributed by atoms with E-state index < -0.39 is 0 Å². The highest BCUT2D eigenvalue weighted by atomic mass is 16.2. The largest absolute Gasteiger partial charge is 0.347 e. The molecule has 1 saturated heterocycles. The second-order valence-corrected chi connectivity index (χ2v) is 6.62. The maximum absolute atomic E-state index is 12.9. The zero-order chi connectivity index (χ0) is 18.4. The van der Waals surface area contributed by atoms with Gasteiger partial charge in [-0.25, -0.2) is 4.98 Å². The molecule has 1 aromatic heterocycles. The van der Waals surface area contributed by atoms with Gasteiger partial charge in [0.05, 0.1) is 18.5 Å². The number of piperidine rings is 1. The molecular formula is C19H25N5O2. The summed E-state index contributed by atoms with van der Waals surface area (Å²) in [4.78, 5) is 30.6. The maximum atomic E-state index is 12.9. The zero-order valence-electron chi connectivity index (χ0n) is 15.0. The maximum Gasteiger partial charge on any atom is 0.225 e. The van der Waals surface area contributed by atoms with Crippen molar-refractivity contribution in [3.8, 4) is 0 Å². The van der Waals surface area contributed by atoms with Crippen LogP contribution in [-0.4, -0.2) is 44.6 Å². The van der Waals surface area contributed by atoms with Crippen LogP contribution in [0.25, 0.3) is 0 Å². The molecule has 2 unspecified atom stereocenters. The van der Waals surface area contributed by atoms with Crippen molar-refractivity contribution in [2.24, 2.45) is 5.92 Å². The molecule has 2 amide bonds. The van der Waals surface area contributed by atoms with E-state index in [1.807, 2.05) is 42.2 Å². The molecule has 2 aromatic rings. The summed E-state index contributed by atoms with van der Waals surface area (Å²) >= 11 is 0. The Morgan fingerprint density at radius 2 is 2.12 bits per heavy atom. The average molecular weight is 355 g/mol. The molecule has 3 rings (SSSR count). The van der Waals surface area contributed by atoms with Crippen molar-refractivity contribution >= 4 is 11.8 Å². The van der Waals surface area contributed by atoms with E-state index in [0.29, 0.717) is 19.5 Å². The normalized spacial score (nSPS) is 18.3. The van der Waals surface area contributed by atoms with Gasteiger partial charge in [0, 0.05) is 19.5 Å². The Labute approximate surface area is 153 Å². The van der Waals surface area contributed by atoms with Crippen LogP contribution in [0.4, 0.5) is 0 Å². The van der Waals surface area contributed by atoms with Crippen LogP contribution in [0.2, 0.25) is 0 Å². The lowest BCUT2D eigenvalue weighted by Crippen LogP contribution is -2.46. The third-order valence-corrected chi connectivity index (χ3v) is 4.80. The monoisotopic (exact) mass is 355 g/mol. The van der Waals surface area contributed by atoms with Crippen molar-refractivity contribution < 1.29 is 9.59 Å². The van der Waals surface area contributed by atoms with Crippen molar-refractivity contribution in [3.05, 3.63) is 48.5 Å². The molecule has 1 aliphatic heterocycles. The molecule has 2 atom stereocenters. The van der Waals surface area contributed by atoms with E-state index in [0.717, 1.165) is 24.9 Å². The van der Waals surface area contributed by atoms with Crippen LogP contribution < -0.4 is 5.32 Å². The molecule has 7 heteroatoms. The second kappa shape index (κ2) is 8.60. The number of carbonyl (C=O) groups excluding carboxylic acids is 2. The van der Waals surface area contributed by atoms with E-state index in [4.69, 9.17) is 0 Å². The quantitative estimate of drug-likeness (QED) is 0.857. The molecule has 0 radical (unpaired) electrons. The van der Waals surface area contributed by atoms with E-state index in [-0.39, 0.29) is 23.8 Å². The standard InChI is InChI=1S/C19H25N5O2/c1-2-18(25)23-10-6-9-16(11-23)19(26)22-17(12-24-14-20-13-21-24)15-7-4-3-5-8-15/h3-5,7-8,13-14,16-17H,2,6,9-12H2,1H3,(H,22,26). The van der Waals surface area contributed by atoms with Crippen LogP contribution in [0.1, 0.15) is 37.8 Å². The van der Waals surface area contributed by atoms with Gasteiger partial charge in [-0.05, 0) is 18.4 Å². The molecule has 1 aromatic carbocycles. The Kier molecular flexibility index (Phi) is 5.99. The van der Waals surface area contributed by atoms with E-state index in [2.05, 4.69) is 15.4 Å². The predicted octanol–water partition coefficient (Wildman–Crippen LogP) is 1.78. The van der Waals surface area contributed by atoms with Gasteiger partial charge in [-0.1, -0.05) is 37.3 Å². The van der Waals surface area contributed by atoms with E-state index in [1.54, 1.807) is 11.0 Å². The Hall–Kier alpha value is -2.70. The fourth-order valence-corrected chi connectivity index (χ4v) is 3.36. The molecule has 0 bridgehead atoms. The first-order valence-corrected chi connectivity index (χ1v) is 9.13. The predicted molar refractivity (Wildman–Crippen MR) is 96.9 cm³/mol. The van der Waals surface area contributed by atoms with Gasteiger partial charge < -0.3 is 10.2 Å². The van der Waals surface area contributed by atoms with Crippen LogP contribution in [-0.2, 0) is 16.1 Å². The van der Waals surface area contributed by atoms with Crippen molar-refractivity contribution in [2.45, 2.75) is 38.8 Å². The van der Waals surface area contributed by atoms with Crippen LogP contribution in [0.3, 0.4) is 0 Å². The highest BCUT2D eigenvalue weighted by Gasteiger charge is 2.29. The van der Waals surface area contributed by atoms with Gasteiger partial charge in [0.25, 0.3) is 0 Å². The molecular weight excluding hydrogens is 330 g/mol. The summed E-state index contributed by atoms with van der Waals surface area (Å²) in [6.07, 6.45) is 5.28. The SMILES string of the molecule is CCC(=O)N1CCCC(C(=O)NC(Cn2cncn2)c2ccccc2)C1. The van der Waals surface area contributed by atoms with Crippen LogP contribution in [0.15, 0.2) is 43.0 Å². The minimum absolute atomic E-state index is 0.00688. The van der Waals surface area contributed by atoms with Gasteiger partial charge in [0.15, 0.2) is 0 Å².